The molecule has 0 saturated carbocycles. The van der Waals surface area contributed by atoms with Gasteiger partial charge in [0.2, 0.25) is 0 Å². The lowest BCUT2D eigenvalue weighted by Gasteiger charge is -2.23. The Labute approximate surface area is 189 Å². The number of hydrogen-bond donors (Lipinski definition) is 1. The number of ether oxygens (including phenoxy) is 4. The summed E-state index contributed by atoms with van der Waals surface area (Å²) in [6.07, 6.45) is -2.51. The molecule has 0 aliphatic carbocycles. The van der Waals surface area contributed by atoms with E-state index < -0.39 is 42.4 Å². The van der Waals surface area contributed by atoms with Gasteiger partial charge >= 0.3 is 17.9 Å². The van der Waals surface area contributed by atoms with Crippen molar-refractivity contribution in [1.29, 1.82) is 0 Å². The number of aromatic nitrogens is 4. The van der Waals surface area contributed by atoms with E-state index in [2.05, 4.69) is 20.4 Å². The minimum atomic E-state index is -1.05. The van der Waals surface area contributed by atoms with Crippen LogP contribution in [0.25, 0.3) is 11.2 Å². The Balaban J connectivity index is 2.05. The van der Waals surface area contributed by atoms with Crippen molar-refractivity contribution in [3.63, 3.8) is 0 Å². The third kappa shape index (κ3) is 5.19. The summed E-state index contributed by atoms with van der Waals surface area (Å²) < 4.78 is 23.8. The summed E-state index contributed by atoms with van der Waals surface area (Å²) in [7, 11) is 1.43. The number of imidazole rings is 1. The summed E-state index contributed by atoms with van der Waals surface area (Å²) in [5.74, 6) is -1.44. The van der Waals surface area contributed by atoms with Crippen LogP contribution in [0.3, 0.4) is 0 Å². The fraction of sp³-hybridized carbons (Fsp3) is 0.529. The molecule has 1 saturated heterocycles. The topological polar surface area (TPSA) is 153 Å². The zero-order chi connectivity index (χ0) is 22.7. The highest BCUT2D eigenvalue weighted by molar-refractivity contribution is 14.1. The lowest BCUT2D eigenvalue weighted by atomic mass is 10.1. The van der Waals surface area contributed by atoms with Crippen LogP contribution in [-0.2, 0) is 38.2 Å². The molecule has 0 radical (unpaired) electrons. The van der Waals surface area contributed by atoms with Crippen molar-refractivity contribution >= 4 is 57.5 Å². The van der Waals surface area contributed by atoms with Crippen molar-refractivity contribution in [3.8, 4) is 0 Å². The maximum atomic E-state index is 11.8. The Hall–Kier alpha value is -2.59. The van der Waals surface area contributed by atoms with Gasteiger partial charge in [-0.3, -0.25) is 23.8 Å². The van der Waals surface area contributed by atoms with Gasteiger partial charge in [-0.15, -0.1) is 0 Å². The van der Waals surface area contributed by atoms with E-state index in [4.69, 9.17) is 23.8 Å². The number of rotatable bonds is 7. The van der Waals surface area contributed by atoms with Crippen molar-refractivity contribution in [2.45, 2.75) is 45.3 Å². The van der Waals surface area contributed by atoms with E-state index >= 15 is 0 Å². The van der Waals surface area contributed by atoms with E-state index in [1.807, 2.05) is 22.6 Å². The van der Waals surface area contributed by atoms with E-state index in [1.54, 1.807) is 0 Å². The molecule has 2 aromatic rings. The maximum absolute atomic E-state index is 11.8. The lowest BCUT2D eigenvalue weighted by molar-refractivity contribution is -0.166. The van der Waals surface area contributed by atoms with Gasteiger partial charge in [-0.1, -0.05) is 0 Å². The monoisotopic (exact) mass is 549 g/mol. The molecule has 0 bridgehead atoms. The molecule has 1 N–H and O–H groups in total. The van der Waals surface area contributed by atoms with Crippen LogP contribution in [-0.4, -0.2) is 69.5 Å². The number of carbonyl (C=O) groups is 3. The summed E-state index contributed by atoms with van der Waals surface area (Å²) in [5, 5.41) is 0. The number of esters is 3. The number of nitrogens with zero attached hydrogens (tertiary/aromatic N) is 4. The van der Waals surface area contributed by atoms with Crippen LogP contribution in [0, 0.1) is 3.83 Å². The number of fused-ring (bicyclic) bond motifs is 1. The van der Waals surface area contributed by atoms with Crippen LogP contribution in [0.4, 0.5) is 5.82 Å². The third-order valence-corrected chi connectivity index (χ3v) is 4.69. The summed E-state index contributed by atoms with van der Waals surface area (Å²) in [5.41, 5.74) is 3.36. The second-order valence-electron chi connectivity index (χ2n) is 6.49. The summed E-state index contributed by atoms with van der Waals surface area (Å²) in [6.45, 7) is 3.46. The number of hydrogen-bond acceptors (Lipinski definition) is 12. The highest BCUT2D eigenvalue weighted by atomic mass is 127. The highest BCUT2D eigenvalue weighted by Crippen LogP contribution is 2.36. The molecule has 14 heteroatoms. The average molecular weight is 549 g/mol. The maximum Gasteiger partial charge on any atom is 0.303 e. The first kappa shape index (κ1) is 23.1. The van der Waals surface area contributed by atoms with Crippen molar-refractivity contribution in [2.75, 3.05) is 19.2 Å². The zero-order valence-electron chi connectivity index (χ0n) is 17.0. The smallest absolute Gasteiger partial charge is 0.303 e. The SMILES string of the molecule is CONc1nc(I)nc2c1ncn2[C@@H]1O[C@H](COC(C)=O)[C@@H](OC(C)=O)[C@H]1OC(C)=O. The second kappa shape index (κ2) is 9.69. The van der Waals surface area contributed by atoms with E-state index in [0.717, 1.165) is 0 Å². The number of halogens is 1. The predicted octanol–water partition coefficient (Wildman–Crippen LogP) is 0.728. The first-order chi connectivity index (χ1) is 14.7. The van der Waals surface area contributed by atoms with Gasteiger partial charge in [0.15, 0.2) is 39.2 Å². The molecule has 1 aliphatic heterocycles. The number of anilines is 1. The molecule has 31 heavy (non-hydrogen) atoms. The quantitative estimate of drug-likeness (QED) is 0.170. The molecule has 1 aliphatic rings. The summed E-state index contributed by atoms with van der Waals surface area (Å²) >= 11 is 1.93. The van der Waals surface area contributed by atoms with Crippen molar-refractivity contribution in [1.82, 2.24) is 19.5 Å². The first-order valence-corrected chi connectivity index (χ1v) is 10.1. The fourth-order valence-corrected chi connectivity index (χ4v) is 3.63. The number of nitrogens with one attached hydrogen (secondary N) is 1. The third-order valence-electron chi connectivity index (χ3n) is 4.21. The standard InChI is InChI=1S/C17H20IN5O8/c1-7(24)28-5-10-12(29-8(2)25)13(30-9(3)26)16(31-10)23-6-19-11-14(22-27-4)20-17(18)21-15(11)23/h6,10,12-13,16H,5H2,1-4H3,(H,20,21,22)/t10-,12-,13-,16-/m1/s1. The molecule has 0 unspecified atom stereocenters. The Morgan fingerprint density at radius 2 is 1.81 bits per heavy atom. The van der Waals surface area contributed by atoms with Crippen LogP contribution in [0.1, 0.15) is 27.0 Å². The van der Waals surface area contributed by atoms with Crippen molar-refractivity contribution in [2.24, 2.45) is 0 Å². The molecule has 168 valence electrons. The van der Waals surface area contributed by atoms with Gasteiger partial charge in [-0.2, -0.15) is 0 Å². The highest BCUT2D eigenvalue weighted by Gasteiger charge is 2.51. The van der Waals surface area contributed by atoms with E-state index in [-0.39, 0.29) is 6.61 Å². The van der Waals surface area contributed by atoms with Crippen molar-refractivity contribution < 1.29 is 38.2 Å². The van der Waals surface area contributed by atoms with Crippen LogP contribution in [0.15, 0.2) is 6.33 Å². The summed E-state index contributed by atoms with van der Waals surface area (Å²) in [6, 6.07) is 0. The average Bonchev–Trinajstić information content (AvgIpc) is 3.21. The summed E-state index contributed by atoms with van der Waals surface area (Å²) in [4.78, 5) is 52.6. The zero-order valence-corrected chi connectivity index (χ0v) is 19.2. The van der Waals surface area contributed by atoms with Crippen LogP contribution in [0.2, 0.25) is 0 Å². The van der Waals surface area contributed by atoms with Gasteiger partial charge in [-0.05, 0) is 0 Å². The Bertz CT molecular complexity index is 998. The molecule has 0 aromatic carbocycles. The molecule has 13 nitrogen and oxygen atoms in total. The fourth-order valence-electron chi connectivity index (χ4n) is 3.16. The second-order valence-corrected chi connectivity index (χ2v) is 7.45. The molecule has 0 spiro atoms. The minimum absolute atomic E-state index is 0.211. The van der Waals surface area contributed by atoms with Gasteiger partial charge in [0.1, 0.15) is 12.7 Å². The molecular formula is C17H20IN5O8. The predicted molar refractivity (Wildman–Crippen MR) is 110 cm³/mol. The van der Waals surface area contributed by atoms with Crippen molar-refractivity contribution in [3.05, 3.63) is 10.2 Å². The van der Waals surface area contributed by atoms with Crippen LogP contribution in [0.5, 0.6) is 0 Å². The van der Waals surface area contributed by atoms with Crippen LogP contribution < -0.4 is 5.48 Å². The minimum Gasteiger partial charge on any atom is -0.463 e. The van der Waals surface area contributed by atoms with Gasteiger partial charge in [0.25, 0.3) is 0 Å². The molecule has 1 fully saturated rings. The number of carbonyl (C=O) groups excluding carboxylic acids is 3. The Kier molecular flexibility index (Phi) is 7.22. The largest absolute Gasteiger partial charge is 0.463 e. The molecule has 2 aromatic heterocycles. The van der Waals surface area contributed by atoms with Gasteiger partial charge in [0, 0.05) is 43.4 Å². The van der Waals surface area contributed by atoms with E-state index in [9.17, 15) is 14.4 Å². The Morgan fingerprint density at radius 1 is 1.13 bits per heavy atom. The molecular weight excluding hydrogens is 529 g/mol. The van der Waals surface area contributed by atoms with E-state index in [0.29, 0.717) is 20.8 Å². The van der Waals surface area contributed by atoms with Crippen LogP contribution >= 0.6 is 22.6 Å². The molecule has 0 amide bonds. The first-order valence-electron chi connectivity index (χ1n) is 9.03. The van der Waals surface area contributed by atoms with Gasteiger partial charge in [-0.25, -0.2) is 20.4 Å². The molecule has 4 atom stereocenters. The normalized spacial score (nSPS) is 22.9. The lowest BCUT2D eigenvalue weighted by Crippen LogP contribution is -2.40. The van der Waals surface area contributed by atoms with E-state index in [1.165, 1.54) is 38.8 Å². The molecule has 3 rings (SSSR count). The van der Waals surface area contributed by atoms with Gasteiger partial charge < -0.3 is 18.9 Å². The molecule has 3 heterocycles. The Morgan fingerprint density at radius 3 is 2.42 bits per heavy atom. The van der Waals surface area contributed by atoms with Gasteiger partial charge in [0.05, 0.1) is 13.4 Å².